The maximum Gasteiger partial charge on any atom is 0.000735 e. The lowest BCUT2D eigenvalue weighted by atomic mass is 9.91. The van der Waals surface area contributed by atoms with Crippen molar-refractivity contribution in [3.05, 3.63) is 0 Å². The summed E-state index contributed by atoms with van der Waals surface area (Å²) in [5, 5.41) is 0. The Balaban J connectivity index is 2.34. The summed E-state index contributed by atoms with van der Waals surface area (Å²) in [5.41, 5.74) is 0. The third-order valence-electron chi connectivity index (χ3n) is 2.57. The quantitative estimate of drug-likeness (QED) is 0.614. The zero-order valence-electron chi connectivity index (χ0n) is 9.01. The predicted octanol–water partition coefficient (Wildman–Crippen LogP) is 2.62. The minimum absolute atomic E-state index is 0.822. The van der Waals surface area contributed by atoms with Crippen LogP contribution in [0.4, 0.5) is 0 Å². The molecule has 1 fully saturated rings. The van der Waals surface area contributed by atoms with E-state index in [4.69, 9.17) is 0 Å². The highest BCUT2D eigenvalue weighted by Crippen LogP contribution is 2.21. The summed E-state index contributed by atoms with van der Waals surface area (Å²) >= 11 is 0. The molecule has 0 bridgehead atoms. The van der Waals surface area contributed by atoms with Crippen molar-refractivity contribution in [1.29, 1.82) is 0 Å². The van der Waals surface area contributed by atoms with E-state index in [-0.39, 0.29) is 0 Å². The van der Waals surface area contributed by atoms with Crippen molar-refractivity contribution >= 4 is 0 Å². The van der Waals surface area contributed by atoms with E-state index in [9.17, 15) is 0 Å². The van der Waals surface area contributed by atoms with E-state index >= 15 is 0 Å². The Labute approximate surface area is 77.1 Å². The van der Waals surface area contributed by atoms with Crippen molar-refractivity contribution < 1.29 is 0 Å². The molecule has 1 heterocycles. The van der Waals surface area contributed by atoms with Crippen molar-refractivity contribution in [1.82, 2.24) is 4.90 Å². The van der Waals surface area contributed by atoms with Gasteiger partial charge >= 0.3 is 0 Å². The van der Waals surface area contributed by atoms with Gasteiger partial charge in [-0.3, -0.25) is 0 Å². The first-order chi connectivity index (χ1) is 5.58. The van der Waals surface area contributed by atoms with Crippen molar-refractivity contribution in [2.75, 3.05) is 19.6 Å². The molecule has 1 saturated heterocycles. The highest BCUT2D eigenvalue weighted by molar-refractivity contribution is 4.74. The molecule has 0 aliphatic carbocycles. The second-order valence-electron chi connectivity index (χ2n) is 5.06. The van der Waals surface area contributed by atoms with Gasteiger partial charge in [0.2, 0.25) is 0 Å². The van der Waals surface area contributed by atoms with Crippen LogP contribution in [-0.2, 0) is 0 Å². The Kier molecular flexibility index (Phi) is 3.57. The number of hydrogen-bond acceptors (Lipinski definition) is 1. The van der Waals surface area contributed by atoms with Gasteiger partial charge in [-0.05, 0) is 24.2 Å². The minimum atomic E-state index is 0.822. The van der Waals surface area contributed by atoms with Crippen LogP contribution in [-0.4, -0.2) is 24.5 Å². The van der Waals surface area contributed by atoms with Crippen molar-refractivity contribution in [2.24, 2.45) is 17.8 Å². The SMILES string of the molecule is CC(C)CN1CC(C)CC(C)C1. The molecule has 1 aliphatic rings. The fraction of sp³-hybridized carbons (Fsp3) is 1.00. The average Bonchev–Trinajstić information content (AvgIpc) is 1.81. The summed E-state index contributed by atoms with van der Waals surface area (Å²) < 4.78 is 0. The summed E-state index contributed by atoms with van der Waals surface area (Å²) in [6, 6.07) is 0. The molecule has 0 N–H and O–H groups in total. The van der Waals surface area contributed by atoms with Gasteiger partial charge in [-0.25, -0.2) is 0 Å². The maximum atomic E-state index is 2.63. The second-order valence-corrected chi connectivity index (χ2v) is 5.06. The first-order valence-electron chi connectivity index (χ1n) is 5.30. The summed E-state index contributed by atoms with van der Waals surface area (Å²) in [6.07, 6.45) is 1.43. The zero-order valence-corrected chi connectivity index (χ0v) is 9.01. The standard InChI is InChI=1S/C11H23N/c1-9(2)6-12-7-10(3)5-11(4)8-12/h9-11H,5-8H2,1-4H3. The normalized spacial score (nSPS) is 32.8. The maximum absolute atomic E-state index is 2.63. The molecular formula is C11H23N. The predicted molar refractivity (Wildman–Crippen MR) is 54.2 cm³/mol. The lowest BCUT2D eigenvalue weighted by molar-refractivity contribution is 0.128. The van der Waals surface area contributed by atoms with Gasteiger partial charge < -0.3 is 4.90 Å². The van der Waals surface area contributed by atoms with Crippen LogP contribution in [0.2, 0.25) is 0 Å². The Morgan fingerprint density at radius 3 is 2.08 bits per heavy atom. The lowest BCUT2D eigenvalue weighted by Gasteiger charge is -2.35. The summed E-state index contributed by atoms with van der Waals surface area (Å²) in [7, 11) is 0. The van der Waals surface area contributed by atoms with E-state index in [0.717, 1.165) is 17.8 Å². The molecule has 0 spiro atoms. The van der Waals surface area contributed by atoms with Gasteiger partial charge in [0.1, 0.15) is 0 Å². The van der Waals surface area contributed by atoms with Crippen LogP contribution < -0.4 is 0 Å². The van der Waals surface area contributed by atoms with Crippen LogP contribution in [0.15, 0.2) is 0 Å². The van der Waals surface area contributed by atoms with E-state index < -0.39 is 0 Å². The van der Waals surface area contributed by atoms with Gasteiger partial charge in [-0.15, -0.1) is 0 Å². The Bertz CT molecular complexity index is 118. The van der Waals surface area contributed by atoms with Crippen molar-refractivity contribution in [3.8, 4) is 0 Å². The average molecular weight is 169 g/mol. The highest BCUT2D eigenvalue weighted by Gasteiger charge is 2.21. The third-order valence-corrected chi connectivity index (χ3v) is 2.57. The molecule has 0 aromatic rings. The number of piperidine rings is 1. The summed E-state index contributed by atoms with van der Waals surface area (Å²) in [6.45, 7) is 13.3. The van der Waals surface area contributed by atoms with Crippen LogP contribution in [0.3, 0.4) is 0 Å². The molecule has 12 heavy (non-hydrogen) atoms. The lowest BCUT2D eigenvalue weighted by Crippen LogP contribution is -2.40. The van der Waals surface area contributed by atoms with E-state index in [1.807, 2.05) is 0 Å². The monoisotopic (exact) mass is 169 g/mol. The fourth-order valence-electron chi connectivity index (χ4n) is 2.46. The number of nitrogens with zero attached hydrogens (tertiary/aromatic N) is 1. The molecule has 1 nitrogen and oxygen atoms in total. The Hall–Kier alpha value is -0.0400. The van der Waals surface area contributed by atoms with Crippen molar-refractivity contribution in [3.63, 3.8) is 0 Å². The van der Waals surface area contributed by atoms with Crippen LogP contribution in [0, 0.1) is 17.8 Å². The van der Waals surface area contributed by atoms with Crippen LogP contribution >= 0.6 is 0 Å². The topological polar surface area (TPSA) is 3.24 Å². The van der Waals surface area contributed by atoms with Crippen LogP contribution in [0.1, 0.15) is 34.1 Å². The number of hydrogen-bond donors (Lipinski definition) is 0. The van der Waals surface area contributed by atoms with E-state index in [0.29, 0.717) is 0 Å². The van der Waals surface area contributed by atoms with E-state index in [1.165, 1.54) is 26.1 Å². The molecule has 0 aromatic heterocycles. The molecule has 1 heteroatoms. The molecule has 1 aliphatic heterocycles. The third kappa shape index (κ3) is 3.14. The first-order valence-corrected chi connectivity index (χ1v) is 5.30. The van der Waals surface area contributed by atoms with E-state index in [1.54, 1.807) is 0 Å². The van der Waals surface area contributed by atoms with Gasteiger partial charge in [0, 0.05) is 19.6 Å². The smallest absolute Gasteiger partial charge is 0.000735 e. The Morgan fingerprint density at radius 2 is 1.67 bits per heavy atom. The Morgan fingerprint density at radius 1 is 1.17 bits per heavy atom. The van der Waals surface area contributed by atoms with Gasteiger partial charge in [0.05, 0.1) is 0 Å². The second kappa shape index (κ2) is 4.27. The molecule has 2 atom stereocenters. The molecule has 0 radical (unpaired) electrons. The summed E-state index contributed by atoms with van der Waals surface area (Å²) in [5.74, 6) is 2.64. The first kappa shape index (κ1) is 10.0. The minimum Gasteiger partial charge on any atom is -0.303 e. The largest absolute Gasteiger partial charge is 0.303 e. The molecular weight excluding hydrogens is 146 g/mol. The number of likely N-dealkylation sites (tertiary alicyclic amines) is 1. The molecule has 0 aromatic carbocycles. The molecule has 0 amide bonds. The van der Waals surface area contributed by atoms with E-state index in [2.05, 4.69) is 32.6 Å². The van der Waals surface area contributed by atoms with Crippen LogP contribution in [0.5, 0.6) is 0 Å². The van der Waals surface area contributed by atoms with Crippen LogP contribution in [0.25, 0.3) is 0 Å². The van der Waals surface area contributed by atoms with Gasteiger partial charge in [0.25, 0.3) is 0 Å². The molecule has 1 rings (SSSR count). The van der Waals surface area contributed by atoms with Gasteiger partial charge in [-0.2, -0.15) is 0 Å². The van der Waals surface area contributed by atoms with Crippen molar-refractivity contribution in [2.45, 2.75) is 34.1 Å². The summed E-state index contributed by atoms with van der Waals surface area (Å²) in [4.78, 5) is 2.63. The molecule has 2 unspecified atom stereocenters. The molecule has 72 valence electrons. The number of rotatable bonds is 2. The van der Waals surface area contributed by atoms with Gasteiger partial charge in [0.15, 0.2) is 0 Å². The zero-order chi connectivity index (χ0) is 9.14. The fourth-order valence-corrected chi connectivity index (χ4v) is 2.46. The highest BCUT2D eigenvalue weighted by atomic mass is 15.1. The van der Waals surface area contributed by atoms with Gasteiger partial charge in [-0.1, -0.05) is 27.7 Å². The molecule has 0 saturated carbocycles.